The van der Waals surface area contributed by atoms with E-state index in [2.05, 4.69) is 203 Å². The Morgan fingerprint density at radius 1 is 0.439 bits per heavy atom. The first-order chi connectivity index (χ1) is 28.2. The predicted octanol–water partition coefficient (Wildman–Crippen LogP) is 13.3. The lowest BCUT2D eigenvalue weighted by Gasteiger charge is -2.34. The molecule has 8 aromatic carbocycles. The topological polar surface area (TPSA) is 20.3 Å². The van der Waals surface area contributed by atoms with Crippen LogP contribution in [0.3, 0.4) is 0 Å². The number of aliphatic imine (C=N–C) groups is 1. The zero-order valence-electron chi connectivity index (χ0n) is 31.1. The molecular formula is C53H36N3S+. The van der Waals surface area contributed by atoms with E-state index < -0.39 is 0 Å². The molecule has 3 nitrogen and oxygen atoms in total. The third kappa shape index (κ3) is 5.18. The summed E-state index contributed by atoms with van der Waals surface area (Å²) in [5, 5.41) is 5.19. The second kappa shape index (κ2) is 12.8. The Bertz CT molecular complexity index is 3200. The number of hydrogen-bond acceptors (Lipinski definition) is 2. The summed E-state index contributed by atoms with van der Waals surface area (Å²) in [5.74, 6) is 1.06. The summed E-state index contributed by atoms with van der Waals surface area (Å²) in [7, 11) is 0. The molecule has 2 unspecified atom stereocenters. The summed E-state index contributed by atoms with van der Waals surface area (Å²) in [6.07, 6.45) is 1.01. The molecule has 4 heterocycles. The van der Waals surface area contributed by atoms with Crippen molar-refractivity contribution in [3.05, 3.63) is 211 Å². The molecule has 0 amide bonds. The van der Waals surface area contributed by atoms with Gasteiger partial charge in [0.2, 0.25) is 5.71 Å². The van der Waals surface area contributed by atoms with Crippen molar-refractivity contribution < 1.29 is 4.58 Å². The van der Waals surface area contributed by atoms with Crippen LogP contribution in [0, 0.1) is 0 Å². The number of benzene rings is 8. The molecule has 0 bridgehead atoms. The van der Waals surface area contributed by atoms with Gasteiger partial charge in [-0.25, -0.2) is 4.58 Å². The molecule has 57 heavy (non-hydrogen) atoms. The van der Waals surface area contributed by atoms with Crippen LogP contribution < -0.4 is 0 Å². The van der Waals surface area contributed by atoms with Gasteiger partial charge in [0.05, 0.1) is 16.6 Å². The third-order valence-electron chi connectivity index (χ3n) is 12.1. The quantitative estimate of drug-likeness (QED) is 0.151. The average Bonchev–Trinajstić information content (AvgIpc) is 3.91. The van der Waals surface area contributed by atoms with Crippen molar-refractivity contribution in [2.24, 2.45) is 4.99 Å². The second-order valence-corrected chi connectivity index (χ2v) is 16.4. The number of nitrogens with zero attached hydrogens (tertiary/aromatic N) is 3. The monoisotopic (exact) mass is 746 g/mol. The maximum absolute atomic E-state index is 5.55. The maximum Gasteiger partial charge on any atom is 0.327 e. The Balaban J connectivity index is 0.932. The molecule has 0 radical (unpaired) electrons. The third-order valence-corrected chi connectivity index (χ3v) is 13.3. The maximum atomic E-state index is 5.55. The fourth-order valence-electron chi connectivity index (χ4n) is 9.33. The van der Waals surface area contributed by atoms with Gasteiger partial charge in [-0.15, -0.1) is 11.3 Å². The lowest BCUT2D eigenvalue weighted by molar-refractivity contribution is -0.651. The zero-order chi connectivity index (χ0) is 37.5. The SMILES string of the molecule is c1ccc(-c2ccc(-c3ccc(C4=NC(c5ccc6c(c5)sc5ccccc56)=[N+]5C4CC5c4cccc(-n5c6ccccc6c6ccccc65)c4)cc3)cc2)cc1. The largest absolute Gasteiger partial charge is 0.327 e. The van der Waals surface area contributed by atoms with E-state index in [-0.39, 0.29) is 12.1 Å². The molecule has 0 aliphatic carbocycles. The number of aromatic nitrogens is 1. The van der Waals surface area contributed by atoms with E-state index in [0.29, 0.717) is 0 Å². The van der Waals surface area contributed by atoms with Crippen LogP contribution in [0.2, 0.25) is 0 Å². The van der Waals surface area contributed by atoms with Gasteiger partial charge in [-0.05, 0) is 75.3 Å². The van der Waals surface area contributed by atoms with Crippen LogP contribution >= 0.6 is 11.3 Å². The van der Waals surface area contributed by atoms with Gasteiger partial charge in [0.15, 0.2) is 6.04 Å². The minimum atomic E-state index is 0.205. The number of amidine groups is 1. The lowest BCUT2D eigenvalue weighted by atomic mass is 9.84. The molecule has 2 atom stereocenters. The summed E-state index contributed by atoms with van der Waals surface area (Å²) in [5.41, 5.74) is 13.4. The molecule has 4 heteroatoms. The van der Waals surface area contributed by atoms with Gasteiger partial charge in [0.25, 0.3) is 0 Å². The minimum absolute atomic E-state index is 0.205. The number of thiophene rings is 1. The second-order valence-electron chi connectivity index (χ2n) is 15.3. The molecule has 0 spiro atoms. The minimum Gasteiger partial charge on any atom is -0.309 e. The number of rotatable bonds is 6. The summed E-state index contributed by atoms with van der Waals surface area (Å²) >= 11 is 1.87. The lowest BCUT2D eigenvalue weighted by Crippen LogP contribution is -2.47. The summed E-state index contributed by atoms with van der Waals surface area (Å²) in [6.45, 7) is 0. The Kier molecular flexibility index (Phi) is 7.29. The van der Waals surface area contributed by atoms with Crippen molar-refractivity contribution in [3.8, 4) is 27.9 Å². The van der Waals surface area contributed by atoms with Crippen molar-refractivity contribution in [3.63, 3.8) is 0 Å². The Morgan fingerprint density at radius 3 is 1.70 bits per heavy atom. The van der Waals surface area contributed by atoms with Crippen LogP contribution in [0.15, 0.2) is 199 Å². The highest BCUT2D eigenvalue weighted by atomic mass is 32.1. The van der Waals surface area contributed by atoms with E-state index >= 15 is 0 Å². The first-order valence-electron chi connectivity index (χ1n) is 19.8. The first kappa shape index (κ1) is 32.4. The molecule has 0 N–H and O–H groups in total. The summed E-state index contributed by atoms with van der Waals surface area (Å²) in [6, 6.07) is 71.3. The Hall–Kier alpha value is -6.88. The van der Waals surface area contributed by atoms with Crippen LogP contribution in [-0.4, -0.2) is 26.7 Å². The van der Waals surface area contributed by atoms with Crippen LogP contribution in [0.1, 0.15) is 29.2 Å². The van der Waals surface area contributed by atoms with Crippen LogP contribution in [0.25, 0.3) is 69.9 Å². The van der Waals surface area contributed by atoms with Crippen molar-refractivity contribution in [2.75, 3.05) is 0 Å². The predicted molar refractivity (Wildman–Crippen MR) is 239 cm³/mol. The van der Waals surface area contributed by atoms with Crippen LogP contribution in [0.4, 0.5) is 0 Å². The molecular weight excluding hydrogens is 711 g/mol. The van der Waals surface area contributed by atoms with Gasteiger partial charge >= 0.3 is 5.84 Å². The highest BCUT2D eigenvalue weighted by Crippen LogP contribution is 2.43. The van der Waals surface area contributed by atoms with Crippen LogP contribution in [-0.2, 0) is 0 Å². The molecule has 1 fully saturated rings. The highest BCUT2D eigenvalue weighted by Gasteiger charge is 2.52. The van der Waals surface area contributed by atoms with E-state index in [1.807, 2.05) is 11.3 Å². The Morgan fingerprint density at radius 2 is 1.00 bits per heavy atom. The number of hydrogen-bond donors (Lipinski definition) is 0. The van der Waals surface area contributed by atoms with Gasteiger partial charge in [-0.2, -0.15) is 0 Å². The van der Waals surface area contributed by atoms with E-state index in [4.69, 9.17) is 4.99 Å². The molecule has 2 aliphatic heterocycles. The summed E-state index contributed by atoms with van der Waals surface area (Å²) in [4.78, 5) is 5.55. The van der Waals surface area contributed by atoms with E-state index in [9.17, 15) is 0 Å². The smallest absolute Gasteiger partial charge is 0.309 e. The molecule has 268 valence electrons. The number of para-hydroxylation sites is 2. The zero-order valence-corrected chi connectivity index (χ0v) is 31.9. The summed E-state index contributed by atoms with van der Waals surface area (Å²) < 4.78 is 7.63. The first-order valence-corrected chi connectivity index (χ1v) is 20.6. The van der Waals surface area contributed by atoms with Crippen molar-refractivity contribution >= 4 is 64.9 Å². The fourth-order valence-corrected chi connectivity index (χ4v) is 10.5. The van der Waals surface area contributed by atoms with Gasteiger partial charge in [-0.1, -0.05) is 152 Å². The van der Waals surface area contributed by atoms with Crippen molar-refractivity contribution in [1.29, 1.82) is 0 Å². The molecule has 0 saturated carbocycles. The van der Waals surface area contributed by atoms with Crippen molar-refractivity contribution in [1.82, 2.24) is 4.57 Å². The van der Waals surface area contributed by atoms with Crippen LogP contribution in [0.5, 0.6) is 0 Å². The normalized spacial score (nSPS) is 16.4. The molecule has 1 saturated heterocycles. The molecule has 12 rings (SSSR count). The standard InChI is InChI=1S/C53H36N3S/c1-2-11-34(12-3-1)35-21-23-36(24-22-35)37-25-27-38(28-26-37)52-49-33-48(56(49)53(54-52)40-29-30-45-44-17-6-9-20-50(44)57-51(45)32-40)39-13-10-14-41(31-39)55-46-18-7-4-15-42(46)43-16-5-8-19-47(43)55/h1-32,48-49H,33H2/q+1. The molecule has 10 aromatic rings. The van der Waals surface area contributed by atoms with Crippen molar-refractivity contribution in [2.45, 2.75) is 18.5 Å². The van der Waals surface area contributed by atoms with E-state index in [0.717, 1.165) is 18.0 Å². The van der Waals surface area contributed by atoms with E-state index in [1.165, 1.54) is 86.6 Å². The fraction of sp³-hybridized carbons (Fsp3) is 0.0566. The van der Waals surface area contributed by atoms with Gasteiger partial charge in [-0.3, -0.25) is 0 Å². The van der Waals surface area contributed by atoms with Gasteiger partial charge < -0.3 is 4.57 Å². The Labute approximate surface area is 334 Å². The number of fused-ring (bicyclic) bond motifs is 7. The van der Waals surface area contributed by atoms with Gasteiger partial charge in [0, 0.05) is 48.6 Å². The van der Waals surface area contributed by atoms with Gasteiger partial charge in [0.1, 0.15) is 6.04 Å². The molecule has 2 aromatic heterocycles. The van der Waals surface area contributed by atoms with E-state index in [1.54, 1.807) is 0 Å². The average molecular weight is 747 g/mol. The highest BCUT2D eigenvalue weighted by molar-refractivity contribution is 7.25. The molecule has 2 aliphatic rings.